The molecule has 0 unspecified atom stereocenters. The molecule has 0 bridgehead atoms. The van der Waals surface area contributed by atoms with Crippen molar-refractivity contribution in [3.05, 3.63) is 40.2 Å². The Kier molecular flexibility index (Phi) is 6.74. The second-order valence-corrected chi connectivity index (χ2v) is 6.12. The molecule has 22 heavy (non-hydrogen) atoms. The first-order valence-corrected chi connectivity index (χ1v) is 7.41. The highest BCUT2D eigenvalue weighted by Gasteiger charge is 2.20. The summed E-state index contributed by atoms with van der Waals surface area (Å²) >= 11 is 1.52. The van der Waals surface area contributed by atoms with E-state index in [0.717, 1.165) is 30.7 Å². The average Bonchev–Trinajstić information content (AvgIpc) is 2.80. The summed E-state index contributed by atoms with van der Waals surface area (Å²) in [6, 6.07) is 3.80. The summed E-state index contributed by atoms with van der Waals surface area (Å²) in [5.41, 5.74) is 8.46. The summed E-state index contributed by atoms with van der Waals surface area (Å²) in [6.45, 7) is 1.89. The molecule has 3 rings (SSSR count). The minimum absolute atomic E-state index is 0. The number of hydrogen-bond acceptors (Lipinski definition) is 5. The molecule has 2 aromatic rings. The molecule has 2 aromatic heterocycles. The highest BCUT2D eigenvalue weighted by Crippen LogP contribution is 2.29. The molecule has 0 radical (unpaired) electrons. The third-order valence-electron chi connectivity index (χ3n) is 3.37. The Hall–Kier alpha value is -1.21. The van der Waals surface area contributed by atoms with Crippen LogP contribution in [-0.2, 0) is 12.8 Å². The summed E-state index contributed by atoms with van der Waals surface area (Å²) in [5.74, 6) is -0.173. The molecular formula is C14H18Cl2N4OS. The molecule has 0 saturated carbocycles. The lowest BCUT2D eigenvalue weighted by Gasteiger charge is -2.15. The van der Waals surface area contributed by atoms with Crippen LogP contribution in [0.3, 0.4) is 0 Å². The molecule has 0 aromatic carbocycles. The molecule has 1 aliphatic carbocycles. The molecule has 3 N–H and O–H groups in total. The highest BCUT2D eigenvalue weighted by atomic mass is 35.5. The van der Waals surface area contributed by atoms with Crippen LogP contribution in [0.4, 0.5) is 5.13 Å². The molecule has 0 saturated heterocycles. The van der Waals surface area contributed by atoms with E-state index in [-0.39, 0.29) is 36.8 Å². The number of nitrogens with one attached hydrogen (secondary N) is 1. The van der Waals surface area contributed by atoms with Crippen LogP contribution in [0.1, 0.15) is 33.0 Å². The minimum Gasteiger partial charge on any atom is -0.327 e. The molecule has 5 nitrogen and oxygen atoms in total. The van der Waals surface area contributed by atoms with Gasteiger partial charge in [-0.2, -0.15) is 0 Å². The fourth-order valence-corrected chi connectivity index (χ4v) is 3.32. The Balaban J connectivity index is 0.00000121. The van der Waals surface area contributed by atoms with Gasteiger partial charge in [-0.3, -0.25) is 15.1 Å². The third kappa shape index (κ3) is 4.16. The molecule has 0 spiro atoms. The lowest BCUT2D eigenvalue weighted by molar-refractivity contribution is 0.102. The maximum atomic E-state index is 12.1. The Bertz CT molecular complexity index is 645. The predicted molar refractivity (Wildman–Crippen MR) is 93.5 cm³/mol. The summed E-state index contributed by atoms with van der Waals surface area (Å²) < 4.78 is 0. The smallest absolute Gasteiger partial charge is 0.259 e. The van der Waals surface area contributed by atoms with Gasteiger partial charge >= 0.3 is 0 Å². The first-order chi connectivity index (χ1) is 9.61. The van der Waals surface area contributed by atoms with E-state index in [9.17, 15) is 4.79 Å². The number of fused-ring (bicyclic) bond motifs is 1. The number of rotatable bonds is 2. The molecule has 1 amide bonds. The van der Waals surface area contributed by atoms with Crippen molar-refractivity contribution in [2.24, 2.45) is 5.73 Å². The predicted octanol–water partition coefficient (Wildman–Crippen LogP) is 2.76. The Morgan fingerprint density at radius 3 is 2.86 bits per heavy atom. The van der Waals surface area contributed by atoms with E-state index in [1.165, 1.54) is 16.2 Å². The number of halogens is 2. The van der Waals surface area contributed by atoms with Gasteiger partial charge in [0.2, 0.25) is 0 Å². The van der Waals surface area contributed by atoms with Crippen molar-refractivity contribution in [3.63, 3.8) is 0 Å². The second kappa shape index (κ2) is 7.87. The van der Waals surface area contributed by atoms with Crippen molar-refractivity contribution in [2.75, 3.05) is 5.32 Å². The molecule has 8 heteroatoms. The van der Waals surface area contributed by atoms with Crippen molar-refractivity contribution in [1.82, 2.24) is 9.97 Å². The van der Waals surface area contributed by atoms with E-state index in [0.29, 0.717) is 10.7 Å². The van der Waals surface area contributed by atoms with Crippen molar-refractivity contribution in [3.8, 4) is 0 Å². The van der Waals surface area contributed by atoms with Gasteiger partial charge in [0.05, 0.1) is 11.3 Å². The van der Waals surface area contributed by atoms with E-state index in [1.54, 1.807) is 12.3 Å². The standard InChI is InChI=1S/C14H16N4OS.2ClH/c1-8-2-3-9(7-16-8)13(19)18-14-17-11-5-4-10(15)6-12(11)20-14;;/h2-3,7,10H,4-6,15H2,1H3,(H,17,18,19);2*1H/t10-;;/m0../s1. The highest BCUT2D eigenvalue weighted by molar-refractivity contribution is 7.15. The van der Waals surface area contributed by atoms with E-state index in [1.807, 2.05) is 13.0 Å². The Labute approximate surface area is 145 Å². The van der Waals surface area contributed by atoms with Crippen LogP contribution in [0.25, 0.3) is 0 Å². The van der Waals surface area contributed by atoms with Gasteiger partial charge in [-0.1, -0.05) is 0 Å². The van der Waals surface area contributed by atoms with E-state index in [4.69, 9.17) is 5.73 Å². The molecule has 1 aliphatic rings. The monoisotopic (exact) mass is 360 g/mol. The van der Waals surface area contributed by atoms with Crippen molar-refractivity contribution in [1.29, 1.82) is 0 Å². The largest absolute Gasteiger partial charge is 0.327 e. The van der Waals surface area contributed by atoms with Gasteiger partial charge in [0, 0.05) is 22.8 Å². The number of pyridine rings is 1. The first-order valence-electron chi connectivity index (χ1n) is 6.60. The number of aryl methyl sites for hydroxylation is 2. The fraction of sp³-hybridized carbons (Fsp3) is 0.357. The zero-order valence-electron chi connectivity index (χ0n) is 12.0. The van der Waals surface area contributed by atoms with E-state index in [2.05, 4.69) is 15.3 Å². The van der Waals surface area contributed by atoms with Crippen LogP contribution in [0, 0.1) is 6.92 Å². The number of hydrogen-bond donors (Lipinski definition) is 2. The molecular weight excluding hydrogens is 343 g/mol. The Morgan fingerprint density at radius 2 is 2.18 bits per heavy atom. The topological polar surface area (TPSA) is 80.9 Å². The lowest BCUT2D eigenvalue weighted by atomic mass is 9.99. The van der Waals surface area contributed by atoms with Gasteiger partial charge in [-0.05, 0) is 38.3 Å². The van der Waals surface area contributed by atoms with Crippen LogP contribution >= 0.6 is 36.2 Å². The maximum absolute atomic E-state index is 12.1. The van der Waals surface area contributed by atoms with Crippen molar-refractivity contribution >= 4 is 47.2 Å². The molecule has 1 atom stereocenters. The number of nitrogens with zero attached hydrogens (tertiary/aromatic N) is 2. The summed E-state index contributed by atoms with van der Waals surface area (Å²) in [6.07, 6.45) is 4.30. The molecule has 120 valence electrons. The van der Waals surface area contributed by atoms with Gasteiger partial charge in [0.15, 0.2) is 5.13 Å². The maximum Gasteiger partial charge on any atom is 0.259 e. The summed E-state index contributed by atoms with van der Waals surface area (Å²) in [7, 11) is 0. The number of thiazole rings is 1. The van der Waals surface area contributed by atoms with Crippen LogP contribution in [-0.4, -0.2) is 21.9 Å². The van der Waals surface area contributed by atoms with Gasteiger partial charge in [-0.15, -0.1) is 36.2 Å². The number of aromatic nitrogens is 2. The van der Waals surface area contributed by atoms with Crippen molar-refractivity contribution < 1.29 is 4.79 Å². The van der Waals surface area contributed by atoms with Gasteiger partial charge in [0.1, 0.15) is 0 Å². The van der Waals surface area contributed by atoms with Crippen LogP contribution in [0.2, 0.25) is 0 Å². The number of carbonyl (C=O) groups is 1. The average molecular weight is 361 g/mol. The second-order valence-electron chi connectivity index (χ2n) is 5.03. The first kappa shape index (κ1) is 18.8. The third-order valence-corrected chi connectivity index (χ3v) is 4.41. The Morgan fingerprint density at radius 1 is 1.41 bits per heavy atom. The zero-order valence-corrected chi connectivity index (χ0v) is 14.5. The molecule has 0 aliphatic heterocycles. The SMILES string of the molecule is Cc1ccc(C(=O)Nc2nc3c(s2)C[C@@H](N)CC3)cn1.Cl.Cl. The van der Waals surface area contributed by atoms with E-state index >= 15 is 0 Å². The number of carbonyl (C=O) groups excluding carboxylic acids is 1. The van der Waals surface area contributed by atoms with Gasteiger partial charge < -0.3 is 5.73 Å². The number of amides is 1. The van der Waals surface area contributed by atoms with Gasteiger partial charge in [-0.25, -0.2) is 4.98 Å². The van der Waals surface area contributed by atoms with Crippen molar-refractivity contribution in [2.45, 2.75) is 32.2 Å². The van der Waals surface area contributed by atoms with Gasteiger partial charge in [0.25, 0.3) is 5.91 Å². The normalized spacial score (nSPS) is 16.0. The lowest BCUT2D eigenvalue weighted by Crippen LogP contribution is -2.27. The summed E-state index contributed by atoms with van der Waals surface area (Å²) in [4.78, 5) is 21.9. The van der Waals surface area contributed by atoms with Crippen LogP contribution in [0.15, 0.2) is 18.3 Å². The van der Waals surface area contributed by atoms with E-state index < -0.39 is 0 Å². The molecule has 0 fully saturated rings. The summed E-state index contributed by atoms with van der Waals surface area (Å²) in [5, 5.41) is 3.49. The fourth-order valence-electron chi connectivity index (χ4n) is 2.23. The van der Waals surface area contributed by atoms with Crippen LogP contribution in [0.5, 0.6) is 0 Å². The molecule has 2 heterocycles. The zero-order chi connectivity index (χ0) is 14.1. The number of nitrogens with two attached hydrogens (primary N) is 1. The minimum atomic E-state index is -0.173. The quantitative estimate of drug-likeness (QED) is 0.862. The van der Waals surface area contributed by atoms with Crippen LogP contribution < -0.4 is 11.1 Å². The number of anilines is 1.